The number of hydrogen-bond donors (Lipinski definition) is 1. The molecule has 2 atom stereocenters. The Kier molecular flexibility index (Phi) is 4.37. The lowest BCUT2D eigenvalue weighted by molar-refractivity contribution is 0.789. The van der Waals surface area contributed by atoms with Gasteiger partial charge in [-0.3, -0.25) is 0 Å². The van der Waals surface area contributed by atoms with Crippen LogP contribution in [0.2, 0.25) is 0 Å². The molecule has 0 saturated carbocycles. The van der Waals surface area contributed by atoms with Gasteiger partial charge in [-0.1, -0.05) is 6.92 Å². The molecule has 15 heavy (non-hydrogen) atoms. The fourth-order valence-corrected chi connectivity index (χ4v) is 5.91. The summed E-state index contributed by atoms with van der Waals surface area (Å²) in [7, 11) is 0. The van der Waals surface area contributed by atoms with Gasteiger partial charge in [-0.2, -0.15) is 11.8 Å². The van der Waals surface area contributed by atoms with E-state index < -0.39 is 0 Å². The monoisotopic (exact) mass is 260 g/mol. The first-order valence-electron chi connectivity index (χ1n) is 5.23. The van der Waals surface area contributed by atoms with Crippen LogP contribution in [-0.4, -0.2) is 21.7 Å². The molecule has 2 nitrogen and oxygen atoms in total. The van der Waals surface area contributed by atoms with Gasteiger partial charge in [0.25, 0.3) is 0 Å². The fraction of sp³-hybridized carbons (Fsp3) is 0.700. The zero-order valence-corrected chi connectivity index (χ0v) is 11.3. The van der Waals surface area contributed by atoms with E-state index in [4.69, 9.17) is 5.73 Å². The number of nitrogens with two attached hydrogens (primary N) is 1. The minimum atomic E-state index is 0.596. The summed E-state index contributed by atoms with van der Waals surface area (Å²) >= 11 is 5.94. The van der Waals surface area contributed by atoms with E-state index in [-0.39, 0.29) is 0 Å². The van der Waals surface area contributed by atoms with Crippen LogP contribution < -0.4 is 5.73 Å². The SMILES string of the molecule is CCC1SCCSC1c1ncc(CN)s1. The number of thiazole rings is 1. The van der Waals surface area contributed by atoms with E-state index in [1.54, 1.807) is 11.3 Å². The summed E-state index contributed by atoms with van der Waals surface area (Å²) in [5.74, 6) is 2.54. The van der Waals surface area contributed by atoms with Crippen LogP contribution in [0.5, 0.6) is 0 Å². The lowest BCUT2D eigenvalue weighted by atomic mass is 10.2. The second kappa shape index (κ2) is 5.57. The summed E-state index contributed by atoms with van der Waals surface area (Å²) in [4.78, 5) is 5.72. The van der Waals surface area contributed by atoms with Crippen molar-refractivity contribution in [2.45, 2.75) is 30.4 Å². The van der Waals surface area contributed by atoms with E-state index in [2.05, 4.69) is 35.4 Å². The fourth-order valence-electron chi connectivity index (χ4n) is 1.68. The lowest BCUT2D eigenvalue weighted by Gasteiger charge is -2.28. The maximum absolute atomic E-state index is 5.62. The van der Waals surface area contributed by atoms with Crippen LogP contribution in [0, 0.1) is 0 Å². The minimum Gasteiger partial charge on any atom is -0.326 e. The van der Waals surface area contributed by atoms with Crippen molar-refractivity contribution in [3.05, 3.63) is 16.1 Å². The van der Waals surface area contributed by atoms with Gasteiger partial charge in [0.05, 0.1) is 5.25 Å². The van der Waals surface area contributed by atoms with Crippen LogP contribution in [0.4, 0.5) is 0 Å². The Morgan fingerprint density at radius 2 is 2.27 bits per heavy atom. The van der Waals surface area contributed by atoms with Crippen molar-refractivity contribution in [2.75, 3.05) is 11.5 Å². The molecule has 1 aliphatic rings. The summed E-state index contributed by atoms with van der Waals surface area (Å²) in [6, 6.07) is 0. The van der Waals surface area contributed by atoms with Crippen LogP contribution in [0.3, 0.4) is 0 Å². The van der Waals surface area contributed by atoms with Crippen molar-refractivity contribution in [3.63, 3.8) is 0 Å². The van der Waals surface area contributed by atoms with Crippen LogP contribution in [0.15, 0.2) is 6.20 Å². The van der Waals surface area contributed by atoms with Crippen LogP contribution in [0.25, 0.3) is 0 Å². The highest BCUT2D eigenvalue weighted by molar-refractivity contribution is 8.06. The summed E-state index contributed by atoms with van der Waals surface area (Å²) in [5.41, 5.74) is 5.62. The normalized spacial score (nSPS) is 26.8. The molecule has 2 heterocycles. The van der Waals surface area contributed by atoms with Crippen LogP contribution >= 0.6 is 34.9 Å². The Balaban J connectivity index is 2.12. The topological polar surface area (TPSA) is 38.9 Å². The van der Waals surface area contributed by atoms with E-state index in [0.717, 1.165) is 5.25 Å². The number of hydrogen-bond acceptors (Lipinski definition) is 5. The van der Waals surface area contributed by atoms with Crippen molar-refractivity contribution in [1.82, 2.24) is 4.98 Å². The summed E-state index contributed by atoms with van der Waals surface area (Å²) in [6.45, 7) is 2.90. The summed E-state index contributed by atoms with van der Waals surface area (Å²) in [5, 5.41) is 2.61. The molecular formula is C10H16N2S3. The van der Waals surface area contributed by atoms with Crippen molar-refractivity contribution < 1.29 is 0 Å². The molecule has 0 aromatic carbocycles. The van der Waals surface area contributed by atoms with Gasteiger partial charge in [-0.15, -0.1) is 23.1 Å². The molecular weight excluding hydrogens is 244 g/mol. The zero-order valence-electron chi connectivity index (χ0n) is 8.81. The number of aromatic nitrogens is 1. The Morgan fingerprint density at radius 1 is 1.47 bits per heavy atom. The Labute approximate surface area is 103 Å². The van der Waals surface area contributed by atoms with Gasteiger partial charge >= 0.3 is 0 Å². The molecule has 1 fully saturated rings. The van der Waals surface area contributed by atoms with E-state index in [0.29, 0.717) is 11.8 Å². The highest BCUT2D eigenvalue weighted by Crippen LogP contribution is 2.44. The molecule has 2 N–H and O–H groups in total. The van der Waals surface area contributed by atoms with Crippen molar-refractivity contribution >= 4 is 34.9 Å². The predicted octanol–water partition coefficient (Wildman–Crippen LogP) is 2.90. The first-order valence-corrected chi connectivity index (χ1v) is 8.14. The molecule has 0 aliphatic carbocycles. The third kappa shape index (κ3) is 2.70. The van der Waals surface area contributed by atoms with E-state index >= 15 is 0 Å². The average Bonchev–Trinajstić information content (AvgIpc) is 2.77. The quantitative estimate of drug-likeness (QED) is 0.907. The molecule has 1 aromatic rings. The summed E-state index contributed by atoms with van der Waals surface area (Å²) < 4.78 is 0. The van der Waals surface area contributed by atoms with Gasteiger partial charge in [0.2, 0.25) is 0 Å². The Morgan fingerprint density at radius 3 is 2.93 bits per heavy atom. The van der Waals surface area contributed by atoms with E-state index in [1.165, 1.54) is 27.8 Å². The molecule has 0 bridgehead atoms. The molecule has 84 valence electrons. The van der Waals surface area contributed by atoms with Gasteiger partial charge in [0.1, 0.15) is 5.01 Å². The Bertz CT molecular complexity index is 313. The van der Waals surface area contributed by atoms with Crippen molar-refractivity contribution in [2.24, 2.45) is 5.73 Å². The maximum Gasteiger partial charge on any atom is 0.107 e. The largest absolute Gasteiger partial charge is 0.326 e. The molecule has 0 radical (unpaired) electrons. The molecule has 0 amide bonds. The maximum atomic E-state index is 5.62. The third-order valence-corrected chi connectivity index (χ3v) is 6.98. The minimum absolute atomic E-state index is 0.596. The highest BCUT2D eigenvalue weighted by Gasteiger charge is 2.28. The second-order valence-corrected chi connectivity index (χ2v) is 7.22. The number of thioether (sulfide) groups is 2. The highest BCUT2D eigenvalue weighted by atomic mass is 32.2. The van der Waals surface area contributed by atoms with Crippen molar-refractivity contribution in [1.29, 1.82) is 0 Å². The molecule has 1 saturated heterocycles. The first-order chi connectivity index (χ1) is 7.35. The van der Waals surface area contributed by atoms with Gasteiger partial charge in [-0.05, 0) is 6.42 Å². The van der Waals surface area contributed by atoms with Gasteiger partial charge < -0.3 is 5.73 Å². The predicted molar refractivity (Wildman–Crippen MR) is 71.7 cm³/mol. The molecule has 5 heteroatoms. The van der Waals surface area contributed by atoms with E-state index in [9.17, 15) is 0 Å². The van der Waals surface area contributed by atoms with Crippen LogP contribution in [0.1, 0.15) is 28.5 Å². The van der Waals surface area contributed by atoms with Gasteiger partial charge in [0.15, 0.2) is 0 Å². The summed E-state index contributed by atoms with van der Waals surface area (Å²) in [6.07, 6.45) is 3.17. The second-order valence-electron chi connectivity index (χ2n) is 3.48. The molecule has 2 unspecified atom stereocenters. The first kappa shape index (κ1) is 11.8. The van der Waals surface area contributed by atoms with Gasteiger partial charge in [0, 0.05) is 34.4 Å². The molecule has 2 rings (SSSR count). The lowest BCUT2D eigenvalue weighted by Crippen LogP contribution is -2.17. The molecule has 0 spiro atoms. The third-order valence-electron chi connectivity index (χ3n) is 2.47. The van der Waals surface area contributed by atoms with Crippen LogP contribution in [-0.2, 0) is 6.54 Å². The van der Waals surface area contributed by atoms with Gasteiger partial charge in [-0.25, -0.2) is 4.98 Å². The number of rotatable bonds is 3. The molecule has 1 aliphatic heterocycles. The zero-order chi connectivity index (χ0) is 10.7. The Hall–Kier alpha value is 0.290. The number of nitrogens with zero attached hydrogens (tertiary/aromatic N) is 1. The standard InChI is InChI=1S/C10H16N2S3/c1-2-8-9(14-4-3-13-8)10-12-6-7(5-11)15-10/h6,8-9H,2-5,11H2,1H3. The van der Waals surface area contributed by atoms with E-state index in [1.807, 2.05) is 6.20 Å². The molecule has 1 aromatic heterocycles. The smallest absolute Gasteiger partial charge is 0.107 e. The van der Waals surface area contributed by atoms with Crippen molar-refractivity contribution in [3.8, 4) is 0 Å². The average molecular weight is 260 g/mol.